The van der Waals surface area contributed by atoms with E-state index >= 15 is 0 Å². The van der Waals surface area contributed by atoms with Gasteiger partial charge in [-0.3, -0.25) is 4.79 Å². The van der Waals surface area contributed by atoms with Crippen molar-refractivity contribution in [2.45, 2.75) is 19.9 Å². The first-order valence-corrected chi connectivity index (χ1v) is 9.78. The monoisotopic (exact) mass is 382 g/mol. The van der Waals surface area contributed by atoms with Crippen molar-refractivity contribution in [3.05, 3.63) is 70.5 Å². The van der Waals surface area contributed by atoms with Crippen LogP contribution in [0.4, 0.5) is 4.39 Å². The standard InChI is InChI=1S/C21H19FN2O2S/c1-2-26-16-8-7-14-9-10-24(12-15(14)11-16)21(25)19-13-27-20(23-19)17-5-3-4-6-18(17)22/h3-8,11,13H,2,9-10,12H2,1H3. The molecule has 3 aromatic rings. The number of carbonyl (C=O) groups is 1. The lowest BCUT2D eigenvalue weighted by Gasteiger charge is -2.28. The number of carbonyl (C=O) groups excluding carboxylic acids is 1. The highest BCUT2D eigenvalue weighted by molar-refractivity contribution is 7.13. The molecule has 2 heterocycles. The summed E-state index contributed by atoms with van der Waals surface area (Å²) in [6, 6.07) is 12.5. The summed E-state index contributed by atoms with van der Waals surface area (Å²) < 4.78 is 19.5. The Balaban J connectivity index is 1.54. The van der Waals surface area contributed by atoms with Crippen LogP contribution < -0.4 is 4.74 Å². The number of thiazole rings is 1. The molecule has 0 saturated heterocycles. The summed E-state index contributed by atoms with van der Waals surface area (Å²) in [5.41, 5.74) is 3.13. The van der Waals surface area contributed by atoms with Crippen LogP contribution in [0.2, 0.25) is 0 Å². The summed E-state index contributed by atoms with van der Waals surface area (Å²) in [5.74, 6) is 0.364. The summed E-state index contributed by atoms with van der Waals surface area (Å²) in [5, 5.41) is 2.23. The van der Waals surface area contributed by atoms with Crippen molar-refractivity contribution >= 4 is 17.2 Å². The van der Waals surface area contributed by atoms with E-state index in [-0.39, 0.29) is 11.7 Å². The predicted octanol–water partition coefficient (Wildman–Crippen LogP) is 4.55. The average molecular weight is 382 g/mol. The zero-order valence-corrected chi connectivity index (χ0v) is 15.8. The van der Waals surface area contributed by atoms with Crippen LogP contribution in [0, 0.1) is 5.82 Å². The molecule has 1 aliphatic heterocycles. The van der Waals surface area contributed by atoms with Crippen molar-refractivity contribution in [2.75, 3.05) is 13.2 Å². The number of amides is 1. The first-order valence-electron chi connectivity index (χ1n) is 8.90. The molecule has 0 aliphatic carbocycles. The second-order valence-corrected chi connectivity index (χ2v) is 7.22. The van der Waals surface area contributed by atoms with Crippen LogP contribution in [0.25, 0.3) is 10.6 Å². The Morgan fingerprint density at radius 3 is 2.93 bits per heavy atom. The van der Waals surface area contributed by atoms with Crippen LogP contribution in [-0.4, -0.2) is 28.9 Å². The maximum atomic E-state index is 14.0. The van der Waals surface area contributed by atoms with E-state index in [4.69, 9.17) is 4.74 Å². The molecule has 1 aliphatic rings. The van der Waals surface area contributed by atoms with E-state index in [1.807, 2.05) is 19.1 Å². The van der Waals surface area contributed by atoms with Gasteiger partial charge in [0, 0.05) is 24.0 Å². The minimum Gasteiger partial charge on any atom is -0.494 e. The second-order valence-electron chi connectivity index (χ2n) is 6.36. The molecule has 0 saturated carbocycles. The highest BCUT2D eigenvalue weighted by Gasteiger charge is 2.24. The fourth-order valence-electron chi connectivity index (χ4n) is 3.26. The molecule has 4 rings (SSSR count). The number of hydrogen-bond acceptors (Lipinski definition) is 4. The molecule has 0 bridgehead atoms. The van der Waals surface area contributed by atoms with Crippen molar-refractivity contribution in [2.24, 2.45) is 0 Å². The zero-order chi connectivity index (χ0) is 18.8. The van der Waals surface area contributed by atoms with E-state index in [2.05, 4.69) is 11.1 Å². The Hall–Kier alpha value is -2.73. The molecular formula is C21H19FN2O2S. The fourth-order valence-corrected chi connectivity index (χ4v) is 4.08. The van der Waals surface area contributed by atoms with Crippen LogP contribution in [-0.2, 0) is 13.0 Å². The third kappa shape index (κ3) is 3.57. The predicted molar refractivity (Wildman–Crippen MR) is 104 cm³/mol. The molecule has 0 spiro atoms. The number of benzene rings is 2. The maximum Gasteiger partial charge on any atom is 0.273 e. The van der Waals surface area contributed by atoms with E-state index in [1.54, 1.807) is 28.5 Å². The van der Waals surface area contributed by atoms with Gasteiger partial charge < -0.3 is 9.64 Å². The zero-order valence-electron chi connectivity index (χ0n) is 14.9. The third-order valence-electron chi connectivity index (χ3n) is 4.62. The molecule has 4 nitrogen and oxygen atoms in total. The van der Waals surface area contributed by atoms with Gasteiger partial charge in [-0.1, -0.05) is 18.2 Å². The van der Waals surface area contributed by atoms with Crippen molar-refractivity contribution in [1.82, 2.24) is 9.88 Å². The molecule has 0 atom stereocenters. The van der Waals surface area contributed by atoms with Crippen LogP contribution in [0.5, 0.6) is 5.75 Å². The van der Waals surface area contributed by atoms with Crippen LogP contribution in [0.3, 0.4) is 0 Å². The van der Waals surface area contributed by atoms with Crippen LogP contribution in [0.15, 0.2) is 47.8 Å². The molecule has 27 heavy (non-hydrogen) atoms. The number of fused-ring (bicyclic) bond motifs is 1. The van der Waals surface area contributed by atoms with Gasteiger partial charge >= 0.3 is 0 Å². The first kappa shape index (κ1) is 17.7. The van der Waals surface area contributed by atoms with E-state index in [0.29, 0.717) is 36.0 Å². The van der Waals surface area contributed by atoms with Gasteiger partial charge in [-0.25, -0.2) is 9.37 Å². The van der Waals surface area contributed by atoms with Crippen molar-refractivity contribution in [1.29, 1.82) is 0 Å². The van der Waals surface area contributed by atoms with E-state index < -0.39 is 0 Å². The first-order chi connectivity index (χ1) is 13.2. The number of hydrogen-bond donors (Lipinski definition) is 0. The quantitative estimate of drug-likeness (QED) is 0.665. The van der Waals surface area contributed by atoms with Gasteiger partial charge in [0.15, 0.2) is 0 Å². The molecule has 1 amide bonds. The van der Waals surface area contributed by atoms with E-state index in [0.717, 1.165) is 17.7 Å². The third-order valence-corrected chi connectivity index (χ3v) is 5.49. The highest BCUT2D eigenvalue weighted by atomic mass is 32.1. The number of aromatic nitrogens is 1. The lowest BCUT2D eigenvalue weighted by Crippen LogP contribution is -2.36. The largest absolute Gasteiger partial charge is 0.494 e. The van der Waals surface area contributed by atoms with Gasteiger partial charge in [-0.2, -0.15) is 0 Å². The Morgan fingerprint density at radius 1 is 1.26 bits per heavy atom. The Kier molecular flexibility index (Phi) is 4.90. The van der Waals surface area contributed by atoms with Crippen LogP contribution >= 0.6 is 11.3 Å². The lowest BCUT2D eigenvalue weighted by molar-refractivity contribution is 0.0729. The Bertz CT molecular complexity index is 986. The normalized spacial score (nSPS) is 13.3. The average Bonchev–Trinajstić information content (AvgIpc) is 3.17. The minimum atomic E-state index is -0.332. The molecule has 6 heteroatoms. The van der Waals surface area contributed by atoms with Crippen molar-refractivity contribution in [3.63, 3.8) is 0 Å². The highest BCUT2D eigenvalue weighted by Crippen LogP contribution is 2.28. The Labute approximate surface area is 161 Å². The minimum absolute atomic E-state index is 0.124. The van der Waals surface area contributed by atoms with Gasteiger partial charge in [-0.05, 0) is 48.7 Å². The topological polar surface area (TPSA) is 42.4 Å². The molecule has 0 N–H and O–H groups in total. The van der Waals surface area contributed by atoms with Gasteiger partial charge in [0.2, 0.25) is 0 Å². The maximum absolute atomic E-state index is 14.0. The van der Waals surface area contributed by atoms with Crippen molar-refractivity contribution in [3.8, 4) is 16.3 Å². The van der Waals surface area contributed by atoms with E-state index in [9.17, 15) is 9.18 Å². The molecular weight excluding hydrogens is 363 g/mol. The summed E-state index contributed by atoms with van der Waals surface area (Å²) in [7, 11) is 0. The number of nitrogens with zero attached hydrogens (tertiary/aromatic N) is 2. The van der Waals surface area contributed by atoms with Gasteiger partial charge in [0.05, 0.1) is 6.61 Å². The van der Waals surface area contributed by atoms with Crippen LogP contribution in [0.1, 0.15) is 28.5 Å². The van der Waals surface area contributed by atoms with Gasteiger partial charge in [0.25, 0.3) is 5.91 Å². The molecule has 1 aromatic heterocycles. The second kappa shape index (κ2) is 7.48. The SMILES string of the molecule is CCOc1ccc2c(c1)CN(C(=O)c1csc(-c3ccccc3F)n1)CC2. The number of rotatable bonds is 4. The molecule has 2 aromatic carbocycles. The summed E-state index contributed by atoms with van der Waals surface area (Å²) >= 11 is 1.29. The molecule has 138 valence electrons. The van der Waals surface area contributed by atoms with E-state index in [1.165, 1.54) is 23.0 Å². The summed E-state index contributed by atoms with van der Waals surface area (Å²) in [6.45, 7) is 3.73. The number of halogens is 1. The van der Waals surface area contributed by atoms with Gasteiger partial charge in [0.1, 0.15) is 22.3 Å². The molecule has 0 fully saturated rings. The summed E-state index contributed by atoms with van der Waals surface area (Å²) in [6.07, 6.45) is 0.803. The fraction of sp³-hybridized carbons (Fsp3) is 0.238. The van der Waals surface area contributed by atoms with Gasteiger partial charge in [-0.15, -0.1) is 11.3 Å². The number of ether oxygens (including phenoxy) is 1. The molecule has 0 unspecified atom stereocenters. The van der Waals surface area contributed by atoms with Crippen molar-refractivity contribution < 1.29 is 13.9 Å². The molecule has 0 radical (unpaired) electrons. The lowest BCUT2D eigenvalue weighted by atomic mass is 9.99. The smallest absolute Gasteiger partial charge is 0.273 e. The summed E-state index contributed by atoms with van der Waals surface area (Å²) in [4.78, 5) is 19.1. The Morgan fingerprint density at radius 2 is 2.11 bits per heavy atom.